The Bertz CT molecular complexity index is 958. The molecule has 2 heterocycles. The maximum Gasteiger partial charge on any atom is 0.268 e. The number of para-hydroxylation sites is 1. The molecule has 3 aromatic rings. The molecule has 124 valence electrons. The van der Waals surface area contributed by atoms with E-state index < -0.39 is 10.0 Å². The lowest BCUT2D eigenvalue weighted by Crippen LogP contribution is -2.42. The molecule has 1 unspecified atom stereocenters. The first kappa shape index (κ1) is 15.4. The summed E-state index contributed by atoms with van der Waals surface area (Å²) in [7, 11) is -3.61. The summed E-state index contributed by atoms with van der Waals surface area (Å²) in [4.78, 5) is 0.298. The molecule has 1 aliphatic heterocycles. The molecule has 2 N–H and O–H groups in total. The molecular weight excluding hydrogens is 322 g/mol. The summed E-state index contributed by atoms with van der Waals surface area (Å²) >= 11 is 0. The topological polar surface area (TPSA) is 63.1 Å². The van der Waals surface area contributed by atoms with Gasteiger partial charge in [-0.15, -0.1) is 0 Å². The summed E-state index contributed by atoms with van der Waals surface area (Å²) in [6.07, 6.45) is 1.76. The summed E-state index contributed by atoms with van der Waals surface area (Å²) in [6.45, 7) is 2.59. The van der Waals surface area contributed by atoms with Crippen molar-refractivity contribution in [3.63, 3.8) is 0 Å². The fraction of sp³-hybridized carbons (Fsp3) is 0.222. The molecule has 1 aromatic heterocycles. The van der Waals surface area contributed by atoms with E-state index in [0.717, 1.165) is 30.6 Å². The molecule has 0 spiro atoms. The second-order valence-electron chi connectivity index (χ2n) is 5.93. The number of hydrogen-bond donors (Lipinski definition) is 2. The van der Waals surface area contributed by atoms with Crippen LogP contribution in [0.4, 0.5) is 0 Å². The normalized spacial score (nSPS) is 18.8. The summed E-state index contributed by atoms with van der Waals surface area (Å²) in [5.41, 5.74) is 1.72. The van der Waals surface area contributed by atoms with Crippen LogP contribution in [0.1, 0.15) is 11.6 Å². The minimum atomic E-state index is -3.61. The van der Waals surface area contributed by atoms with E-state index in [4.69, 9.17) is 0 Å². The monoisotopic (exact) mass is 341 g/mol. The smallest absolute Gasteiger partial charge is 0.268 e. The largest absolute Gasteiger partial charge is 0.314 e. The van der Waals surface area contributed by atoms with Crippen molar-refractivity contribution in [3.8, 4) is 0 Å². The fourth-order valence-electron chi connectivity index (χ4n) is 3.23. The van der Waals surface area contributed by atoms with Gasteiger partial charge in [-0.25, -0.2) is 12.4 Å². The van der Waals surface area contributed by atoms with E-state index in [-0.39, 0.29) is 6.04 Å². The van der Waals surface area contributed by atoms with E-state index in [1.54, 1.807) is 30.5 Å². The SMILES string of the molecule is O=S(=O)(c1ccccc1)n1cc(C2CNCCN2)c2ccccc21. The Kier molecular flexibility index (Phi) is 3.88. The maximum absolute atomic E-state index is 13.1. The van der Waals surface area contributed by atoms with Gasteiger partial charge in [-0.3, -0.25) is 0 Å². The first-order valence-corrected chi connectivity index (χ1v) is 9.46. The number of benzene rings is 2. The van der Waals surface area contributed by atoms with E-state index in [2.05, 4.69) is 10.6 Å². The summed E-state index contributed by atoms with van der Waals surface area (Å²) in [6, 6.07) is 16.3. The second kappa shape index (κ2) is 6.05. The lowest BCUT2D eigenvalue weighted by molar-refractivity contribution is 0.432. The molecule has 0 radical (unpaired) electrons. The lowest BCUT2D eigenvalue weighted by Gasteiger charge is -2.24. The van der Waals surface area contributed by atoms with Crippen LogP contribution in [-0.4, -0.2) is 32.0 Å². The van der Waals surface area contributed by atoms with Crippen LogP contribution in [0, 0.1) is 0 Å². The molecule has 5 nitrogen and oxygen atoms in total. The van der Waals surface area contributed by atoms with Crippen LogP contribution in [0.5, 0.6) is 0 Å². The van der Waals surface area contributed by atoms with E-state index >= 15 is 0 Å². The highest BCUT2D eigenvalue weighted by molar-refractivity contribution is 7.90. The molecule has 0 aliphatic carbocycles. The Balaban J connectivity index is 1.90. The Hall–Kier alpha value is -2.15. The van der Waals surface area contributed by atoms with E-state index in [9.17, 15) is 8.42 Å². The molecule has 1 saturated heterocycles. The standard InChI is InChI=1S/C18H19N3O2S/c22-24(23,14-6-2-1-3-7-14)21-13-16(17-12-19-10-11-20-17)15-8-4-5-9-18(15)21/h1-9,13,17,19-20H,10-12H2. The number of hydrogen-bond acceptors (Lipinski definition) is 4. The maximum atomic E-state index is 13.1. The lowest BCUT2D eigenvalue weighted by atomic mass is 10.0. The highest BCUT2D eigenvalue weighted by Gasteiger charge is 2.24. The van der Waals surface area contributed by atoms with E-state index in [1.165, 1.54) is 3.97 Å². The zero-order valence-corrected chi connectivity index (χ0v) is 14.0. The Morgan fingerprint density at radius 2 is 1.71 bits per heavy atom. The predicted octanol–water partition coefficient (Wildman–Crippen LogP) is 2.11. The number of piperazine rings is 1. The average molecular weight is 341 g/mol. The number of aromatic nitrogens is 1. The van der Waals surface area contributed by atoms with Gasteiger partial charge in [0.15, 0.2) is 0 Å². The fourth-order valence-corrected chi connectivity index (χ4v) is 4.63. The molecule has 2 aromatic carbocycles. The third-order valence-corrected chi connectivity index (χ3v) is 6.11. The van der Waals surface area contributed by atoms with E-state index in [0.29, 0.717) is 10.4 Å². The Labute approximate surface area is 141 Å². The van der Waals surface area contributed by atoms with Crippen LogP contribution in [0.25, 0.3) is 10.9 Å². The predicted molar refractivity (Wildman–Crippen MR) is 94.6 cm³/mol. The van der Waals surface area contributed by atoms with Crippen molar-refractivity contribution in [1.82, 2.24) is 14.6 Å². The first-order valence-electron chi connectivity index (χ1n) is 8.02. The molecule has 0 saturated carbocycles. The van der Waals surface area contributed by atoms with Crippen LogP contribution in [0.15, 0.2) is 65.7 Å². The molecular formula is C18H19N3O2S. The van der Waals surface area contributed by atoms with Gasteiger partial charge in [0.1, 0.15) is 0 Å². The van der Waals surface area contributed by atoms with Gasteiger partial charge in [-0.1, -0.05) is 36.4 Å². The van der Waals surface area contributed by atoms with Gasteiger partial charge in [-0.2, -0.15) is 0 Å². The van der Waals surface area contributed by atoms with Crippen LogP contribution in [0.2, 0.25) is 0 Å². The van der Waals surface area contributed by atoms with Gasteiger partial charge >= 0.3 is 0 Å². The highest BCUT2D eigenvalue weighted by Crippen LogP contribution is 2.30. The zero-order valence-electron chi connectivity index (χ0n) is 13.1. The van der Waals surface area contributed by atoms with Crippen LogP contribution < -0.4 is 10.6 Å². The minimum absolute atomic E-state index is 0.107. The van der Waals surface area contributed by atoms with Gasteiger partial charge in [0.05, 0.1) is 10.4 Å². The zero-order chi connectivity index (χ0) is 16.6. The van der Waals surface area contributed by atoms with Crippen LogP contribution in [0.3, 0.4) is 0 Å². The van der Waals surface area contributed by atoms with Gasteiger partial charge < -0.3 is 10.6 Å². The van der Waals surface area contributed by atoms with Crippen molar-refractivity contribution < 1.29 is 8.42 Å². The van der Waals surface area contributed by atoms with Gasteiger partial charge in [-0.05, 0) is 23.8 Å². The molecule has 24 heavy (non-hydrogen) atoms. The number of fused-ring (bicyclic) bond motifs is 1. The molecule has 1 atom stereocenters. The van der Waals surface area contributed by atoms with Crippen LogP contribution in [-0.2, 0) is 10.0 Å². The summed E-state index contributed by atoms with van der Waals surface area (Å²) in [5.74, 6) is 0. The summed E-state index contributed by atoms with van der Waals surface area (Å²) < 4.78 is 27.5. The van der Waals surface area contributed by atoms with Crippen LogP contribution >= 0.6 is 0 Å². The number of nitrogens with zero attached hydrogens (tertiary/aromatic N) is 1. The van der Waals surface area contributed by atoms with Gasteiger partial charge in [0, 0.05) is 37.3 Å². The van der Waals surface area contributed by atoms with Crippen molar-refractivity contribution in [2.24, 2.45) is 0 Å². The second-order valence-corrected chi connectivity index (χ2v) is 7.74. The first-order chi connectivity index (χ1) is 11.7. The van der Waals surface area contributed by atoms with Crippen molar-refractivity contribution in [2.45, 2.75) is 10.9 Å². The average Bonchev–Trinajstić information content (AvgIpc) is 3.04. The molecule has 0 amide bonds. The summed E-state index contributed by atoms with van der Waals surface area (Å²) in [5, 5.41) is 7.79. The third-order valence-electron chi connectivity index (χ3n) is 4.43. The van der Waals surface area contributed by atoms with Crippen molar-refractivity contribution >= 4 is 20.9 Å². The van der Waals surface area contributed by atoms with Crippen molar-refractivity contribution in [3.05, 3.63) is 66.4 Å². The molecule has 1 fully saturated rings. The van der Waals surface area contributed by atoms with E-state index in [1.807, 2.05) is 30.3 Å². The number of rotatable bonds is 3. The molecule has 4 rings (SSSR count). The third kappa shape index (κ3) is 2.53. The minimum Gasteiger partial charge on any atom is -0.314 e. The van der Waals surface area contributed by atoms with Crippen molar-refractivity contribution in [2.75, 3.05) is 19.6 Å². The van der Waals surface area contributed by atoms with Gasteiger partial charge in [0.2, 0.25) is 0 Å². The quantitative estimate of drug-likeness (QED) is 0.766. The molecule has 0 bridgehead atoms. The molecule has 6 heteroatoms. The van der Waals surface area contributed by atoms with Crippen molar-refractivity contribution in [1.29, 1.82) is 0 Å². The Morgan fingerprint density at radius 1 is 0.958 bits per heavy atom. The molecule has 1 aliphatic rings. The highest BCUT2D eigenvalue weighted by atomic mass is 32.2. The number of nitrogens with one attached hydrogen (secondary N) is 2. The Morgan fingerprint density at radius 3 is 2.46 bits per heavy atom. The van der Waals surface area contributed by atoms with Gasteiger partial charge in [0.25, 0.3) is 10.0 Å².